The van der Waals surface area contributed by atoms with Gasteiger partial charge >= 0.3 is 0 Å². The van der Waals surface area contributed by atoms with Crippen LogP contribution in [0.2, 0.25) is 0 Å². The quantitative estimate of drug-likeness (QED) is 0.155. The molecule has 11 aromatic carbocycles. The van der Waals surface area contributed by atoms with E-state index in [4.69, 9.17) is 4.42 Å². The topological polar surface area (TPSA) is 16.4 Å². The Morgan fingerprint density at radius 2 is 0.952 bits per heavy atom. The molecule has 2 nitrogen and oxygen atoms in total. The highest BCUT2D eigenvalue weighted by Gasteiger charge is 2.19. The summed E-state index contributed by atoms with van der Waals surface area (Å²) in [5, 5.41) is 12.3. The van der Waals surface area contributed by atoms with Crippen molar-refractivity contribution in [2.45, 2.75) is 0 Å². The van der Waals surface area contributed by atoms with Gasteiger partial charge in [-0.15, -0.1) is 11.3 Å². The predicted octanol–water partition coefficient (Wildman–Crippen LogP) is 17.9. The van der Waals surface area contributed by atoms with E-state index in [9.17, 15) is 0 Å². The maximum Gasteiger partial charge on any atom is 0.143 e. The zero-order valence-corrected chi connectivity index (χ0v) is 34.9. The van der Waals surface area contributed by atoms with Crippen molar-refractivity contribution in [3.05, 3.63) is 224 Å². The van der Waals surface area contributed by atoms with Crippen molar-refractivity contribution in [3.8, 4) is 33.4 Å². The molecule has 0 aliphatic heterocycles. The van der Waals surface area contributed by atoms with Gasteiger partial charge in [-0.1, -0.05) is 158 Å². The van der Waals surface area contributed by atoms with Crippen molar-refractivity contribution in [2.24, 2.45) is 0 Å². The summed E-state index contributed by atoms with van der Waals surface area (Å²) >= 11 is 1.86. The van der Waals surface area contributed by atoms with Crippen LogP contribution >= 0.6 is 11.3 Å². The number of rotatable bonds is 6. The van der Waals surface area contributed by atoms with Gasteiger partial charge in [0.25, 0.3) is 0 Å². The third-order valence-corrected chi connectivity index (χ3v) is 14.0. The van der Waals surface area contributed by atoms with Crippen LogP contribution in [-0.4, -0.2) is 0 Å². The molecule has 0 aliphatic carbocycles. The van der Waals surface area contributed by atoms with Crippen LogP contribution in [0.5, 0.6) is 0 Å². The molecule has 0 saturated carbocycles. The minimum atomic E-state index is 0.891. The lowest BCUT2D eigenvalue weighted by atomic mass is 9.93. The number of hydrogen-bond donors (Lipinski definition) is 0. The summed E-state index contributed by atoms with van der Waals surface area (Å²) in [4.78, 5) is 2.38. The Balaban J connectivity index is 0.943. The highest BCUT2D eigenvalue weighted by atomic mass is 32.1. The second-order valence-electron chi connectivity index (χ2n) is 16.4. The maximum atomic E-state index is 6.62. The van der Waals surface area contributed by atoms with Gasteiger partial charge in [0, 0.05) is 53.4 Å². The smallest absolute Gasteiger partial charge is 0.143 e. The van der Waals surface area contributed by atoms with Crippen molar-refractivity contribution < 1.29 is 4.42 Å². The second kappa shape index (κ2) is 14.3. The number of fused-ring (bicyclic) bond motifs is 11. The van der Waals surface area contributed by atoms with Crippen LogP contribution < -0.4 is 4.90 Å². The molecule has 2 heterocycles. The van der Waals surface area contributed by atoms with E-state index >= 15 is 0 Å². The fraction of sp³-hybridized carbons (Fsp3) is 0. The van der Waals surface area contributed by atoms with Crippen LogP contribution in [0.3, 0.4) is 0 Å². The Morgan fingerprint density at radius 1 is 0.317 bits per heavy atom. The van der Waals surface area contributed by atoms with Crippen molar-refractivity contribution >= 4 is 103 Å². The molecule has 2 aromatic heterocycles. The van der Waals surface area contributed by atoms with Gasteiger partial charge in [-0.05, 0) is 127 Å². The van der Waals surface area contributed by atoms with E-state index in [0.717, 1.165) is 55.5 Å². The fourth-order valence-electron chi connectivity index (χ4n) is 9.85. The molecular formula is C60H37NOS. The highest BCUT2D eigenvalue weighted by Crippen LogP contribution is 2.44. The number of thiophene rings is 1. The van der Waals surface area contributed by atoms with Crippen LogP contribution in [0.1, 0.15) is 0 Å². The van der Waals surface area contributed by atoms with Gasteiger partial charge in [-0.3, -0.25) is 0 Å². The molecule has 0 amide bonds. The summed E-state index contributed by atoms with van der Waals surface area (Å²) in [7, 11) is 0. The third-order valence-electron chi connectivity index (χ3n) is 12.8. The zero-order chi connectivity index (χ0) is 41.4. The lowest BCUT2D eigenvalue weighted by Crippen LogP contribution is -2.10. The molecule has 0 N–H and O–H groups in total. The van der Waals surface area contributed by atoms with Crippen LogP contribution in [0.4, 0.5) is 17.1 Å². The first kappa shape index (κ1) is 35.7. The van der Waals surface area contributed by atoms with E-state index in [1.807, 2.05) is 11.3 Å². The van der Waals surface area contributed by atoms with E-state index < -0.39 is 0 Å². The Hall–Kier alpha value is -7.98. The Bertz CT molecular complexity index is 3910. The van der Waals surface area contributed by atoms with Crippen LogP contribution in [0.25, 0.3) is 108 Å². The third kappa shape index (κ3) is 5.85. The highest BCUT2D eigenvalue weighted by molar-refractivity contribution is 7.25. The monoisotopic (exact) mass is 819 g/mol. The minimum Gasteiger partial charge on any atom is -0.455 e. The molecule has 13 rings (SSSR count). The number of hydrogen-bond acceptors (Lipinski definition) is 3. The molecule has 0 spiro atoms. The summed E-state index contributed by atoms with van der Waals surface area (Å²) in [5.74, 6) is 0. The SMILES string of the molecule is c1cc(-c2cccc3oc4c5ccccc5ccc4c23)cc(N(c2ccc(-c3ccc4c(c3)sc3ccccc34)cc2)c2ccc(-c3cc4ccccc4c4ccccc34)cc2)c1. The largest absolute Gasteiger partial charge is 0.455 e. The normalized spacial score (nSPS) is 11.8. The molecule has 0 radical (unpaired) electrons. The molecule has 0 atom stereocenters. The van der Waals surface area contributed by atoms with Crippen molar-refractivity contribution in [1.82, 2.24) is 0 Å². The molecule has 0 fully saturated rings. The van der Waals surface area contributed by atoms with Crippen LogP contribution in [0, 0.1) is 0 Å². The standard InChI is InChI=1S/C60H37NOS/c1-4-16-49-39(11-1)27-34-54-59-48(20-10-21-56(59)62-60(49)54)42-13-9-14-46(35-42)61(44-29-23-38(24-30-44)41-28-33-53-52-19-7-8-22-57(52)63-58(53)37-41)45-31-25-40(26-32-45)55-36-43-12-2-3-15-47(43)50-17-5-6-18-51(50)55/h1-37H. The van der Waals surface area contributed by atoms with E-state index in [2.05, 4.69) is 229 Å². The predicted molar refractivity (Wildman–Crippen MR) is 270 cm³/mol. The van der Waals surface area contributed by atoms with E-state index in [0.29, 0.717) is 0 Å². The van der Waals surface area contributed by atoms with Crippen molar-refractivity contribution in [1.29, 1.82) is 0 Å². The molecule has 0 aliphatic rings. The molecule has 3 heteroatoms. The van der Waals surface area contributed by atoms with Gasteiger partial charge in [0.15, 0.2) is 0 Å². The van der Waals surface area contributed by atoms with E-state index in [-0.39, 0.29) is 0 Å². The lowest BCUT2D eigenvalue weighted by Gasteiger charge is -2.26. The number of furan rings is 1. The van der Waals surface area contributed by atoms with Gasteiger partial charge in [0.2, 0.25) is 0 Å². The number of benzene rings is 11. The average molecular weight is 820 g/mol. The minimum absolute atomic E-state index is 0.891. The lowest BCUT2D eigenvalue weighted by molar-refractivity contribution is 0.673. The van der Waals surface area contributed by atoms with E-state index in [1.54, 1.807) is 0 Å². The first-order valence-electron chi connectivity index (χ1n) is 21.5. The number of anilines is 3. The Kier molecular flexibility index (Phi) is 8.12. The molecule has 13 aromatic rings. The molecule has 0 saturated heterocycles. The summed E-state index contributed by atoms with van der Waals surface area (Å²) in [5.41, 5.74) is 12.2. The van der Waals surface area contributed by atoms with Crippen LogP contribution in [0.15, 0.2) is 229 Å². The zero-order valence-electron chi connectivity index (χ0n) is 34.1. The molecule has 0 unspecified atom stereocenters. The van der Waals surface area contributed by atoms with Gasteiger partial charge < -0.3 is 9.32 Å². The molecule has 63 heavy (non-hydrogen) atoms. The van der Waals surface area contributed by atoms with Gasteiger partial charge in [0.05, 0.1) is 0 Å². The Morgan fingerprint density at radius 3 is 1.78 bits per heavy atom. The first-order valence-corrected chi connectivity index (χ1v) is 22.3. The Labute approximate surface area is 368 Å². The summed E-state index contributed by atoms with van der Waals surface area (Å²) in [6.07, 6.45) is 0. The first-order chi connectivity index (χ1) is 31.2. The van der Waals surface area contributed by atoms with Crippen LogP contribution in [-0.2, 0) is 0 Å². The molecular weight excluding hydrogens is 783 g/mol. The molecule has 0 bridgehead atoms. The summed E-state index contributed by atoms with van der Waals surface area (Å²) in [6.45, 7) is 0. The summed E-state index contributed by atoms with van der Waals surface area (Å²) < 4.78 is 9.25. The van der Waals surface area contributed by atoms with Crippen molar-refractivity contribution in [2.75, 3.05) is 4.90 Å². The van der Waals surface area contributed by atoms with Crippen molar-refractivity contribution in [3.63, 3.8) is 0 Å². The van der Waals surface area contributed by atoms with Gasteiger partial charge in [0.1, 0.15) is 11.2 Å². The number of nitrogens with zero attached hydrogens (tertiary/aromatic N) is 1. The fourth-order valence-corrected chi connectivity index (χ4v) is 11.0. The average Bonchev–Trinajstić information content (AvgIpc) is 3.93. The maximum absolute atomic E-state index is 6.62. The van der Waals surface area contributed by atoms with Gasteiger partial charge in [-0.25, -0.2) is 0 Å². The van der Waals surface area contributed by atoms with E-state index in [1.165, 1.54) is 69.4 Å². The summed E-state index contributed by atoms with van der Waals surface area (Å²) in [6, 6.07) is 81.8. The second-order valence-corrected chi connectivity index (χ2v) is 17.5. The van der Waals surface area contributed by atoms with Gasteiger partial charge in [-0.2, -0.15) is 0 Å². The molecule has 294 valence electrons.